The third-order valence-corrected chi connectivity index (χ3v) is 3.83. The van der Waals surface area contributed by atoms with E-state index in [4.69, 9.17) is 4.74 Å². The van der Waals surface area contributed by atoms with Crippen LogP contribution < -0.4 is 15.0 Å². The van der Waals surface area contributed by atoms with Crippen molar-refractivity contribution in [2.24, 2.45) is 0 Å². The molecule has 0 atom stereocenters. The van der Waals surface area contributed by atoms with Crippen LogP contribution in [-0.2, 0) is 6.42 Å². The van der Waals surface area contributed by atoms with Gasteiger partial charge in [-0.15, -0.1) is 0 Å². The number of rotatable bonds is 4. The van der Waals surface area contributed by atoms with E-state index < -0.39 is 5.60 Å². The van der Waals surface area contributed by atoms with E-state index in [1.54, 1.807) is 18.4 Å². The fraction of sp³-hybridized carbons (Fsp3) is 0.700. The molecule has 90 valence electrons. The molecule has 0 aromatic carbocycles. The highest BCUT2D eigenvalue weighted by Crippen LogP contribution is 2.33. The van der Waals surface area contributed by atoms with E-state index in [1.807, 2.05) is 19.0 Å². The molecule has 1 fully saturated rings. The highest BCUT2D eigenvalue weighted by Gasteiger charge is 2.36. The molecule has 6 heteroatoms. The standard InChI is InChI=1S/C10H17N3O2S/c1-13(2)9-12-8(15-3)7(16-9)4-10(14)5-11-6-10/h11,14H,4-6H2,1-3H3. The summed E-state index contributed by atoms with van der Waals surface area (Å²) in [7, 11) is 5.50. The summed E-state index contributed by atoms with van der Waals surface area (Å²) < 4.78 is 5.23. The average molecular weight is 243 g/mol. The van der Waals surface area contributed by atoms with Crippen molar-refractivity contribution in [2.45, 2.75) is 12.0 Å². The Balaban J connectivity index is 2.18. The van der Waals surface area contributed by atoms with Gasteiger partial charge in [0.2, 0.25) is 5.88 Å². The molecular weight excluding hydrogens is 226 g/mol. The van der Waals surface area contributed by atoms with E-state index in [2.05, 4.69) is 10.3 Å². The molecule has 1 aliphatic heterocycles. The van der Waals surface area contributed by atoms with E-state index in [1.165, 1.54) is 0 Å². The van der Waals surface area contributed by atoms with Crippen molar-refractivity contribution >= 4 is 16.5 Å². The van der Waals surface area contributed by atoms with Crippen LogP contribution in [0.2, 0.25) is 0 Å². The number of aliphatic hydroxyl groups is 1. The molecule has 1 aromatic heterocycles. The van der Waals surface area contributed by atoms with Gasteiger partial charge in [-0.2, -0.15) is 4.98 Å². The van der Waals surface area contributed by atoms with Crippen LogP contribution in [0.15, 0.2) is 0 Å². The number of nitrogens with one attached hydrogen (secondary N) is 1. The van der Waals surface area contributed by atoms with Crippen molar-refractivity contribution in [1.29, 1.82) is 0 Å². The number of β-amino-alcohol motifs (C(OH)–C–C–N with tert-alkyl or cyclic N) is 1. The summed E-state index contributed by atoms with van der Waals surface area (Å²) >= 11 is 1.57. The van der Waals surface area contributed by atoms with E-state index in [-0.39, 0.29) is 0 Å². The van der Waals surface area contributed by atoms with Gasteiger partial charge >= 0.3 is 0 Å². The first kappa shape index (κ1) is 11.6. The second-order valence-electron chi connectivity index (χ2n) is 4.33. The zero-order valence-corrected chi connectivity index (χ0v) is 10.6. The number of hydrogen-bond donors (Lipinski definition) is 2. The van der Waals surface area contributed by atoms with Gasteiger partial charge in [0.1, 0.15) is 0 Å². The fourth-order valence-electron chi connectivity index (χ4n) is 1.63. The summed E-state index contributed by atoms with van der Waals surface area (Å²) in [5, 5.41) is 14.1. The number of anilines is 1. The third kappa shape index (κ3) is 2.14. The second kappa shape index (κ2) is 4.20. The molecule has 2 N–H and O–H groups in total. The summed E-state index contributed by atoms with van der Waals surface area (Å²) in [5.74, 6) is 0.633. The minimum Gasteiger partial charge on any atom is -0.480 e. The van der Waals surface area contributed by atoms with Crippen molar-refractivity contribution in [3.8, 4) is 5.88 Å². The Morgan fingerprint density at radius 3 is 2.69 bits per heavy atom. The van der Waals surface area contributed by atoms with Gasteiger partial charge in [0, 0.05) is 33.6 Å². The third-order valence-electron chi connectivity index (χ3n) is 2.62. The number of ether oxygens (including phenoxy) is 1. The topological polar surface area (TPSA) is 57.6 Å². The van der Waals surface area contributed by atoms with Crippen LogP contribution in [-0.4, -0.2) is 50.0 Å². The van der Waals surface area contributed by atoms with Crippen molar-refractivity contribution in [2.75, 3.05) is 39.2 Å². The van der Waals surface area contributed by atoms with Crippen LogP contribution in [0, 0.1) is 0 Å². The highest BCUT2D eigenvalue weighted by molar-refractivity contribution is 7.15. The maximum absolute atomic E-state index is 10.1. The minimum atomic E-state index is -0.622. The average Bonchev–Trinajstić information content (AvgIpc) is 2.58. The largest absolute Gasteiger partial charge is 0.480 e. The lowest BCUT2D eigenvalue weighted by Crippen LogP contribution is -2.60. The molecule has 2 rings (SSSR count). The first-order chi connectivity index (χ1) is 7.54. The molecular formula is C10H17N3O2S. The molecule has 1 saturated heterocycles. The number of aromatic nitrogens is 1. The first-order valence-corrected chi connectivity index (χ1v) is 6.00. The van der Waals surface area contributed by atoms with Crippen LogP contribution in [0.1, 0.15) is 4.88 Å². The predicted octanol–water partition coefficient (Wildman–Crippen LogP) is 0.0945. The van der Waals surface area contributed by atoms with Gasteiger partial charge in [0.15, 0.2) is 5.13 Å². The Bertz CT molecular complexity index is 374. The lowest BCUT2D eigenvalue weighted by Gasteiger charge is -2.37. The quantitative estimate of drug-likeness (QED) is 0.785. The molecule has 0 amide bonds. The summed E-state index contributed by atoms with van der Waals surface area (Å²) in [6.45, 7) is 1.29. The molecule has 0 saturated carbocycles. The zero-order valence-electron chi connectivity index (χ0n) is 9.78. The van der Waals surface area contributed by atoms with Crippen LogP contribution in [0.4, 0.5) is 5.13 Å². The maximum atomic E-state index is 10.1. The molecule has 0 bridgehead atoms. The van der Waals surface area contributed by atoms with Crippen LogP contribution in [0.5, 0.6) is 5.88 Å². The number of nitrogens with zero attached hydrogens (tertiary/aromatic N) is 2. The van der Waals surface area contributed by atoms with Crippen molar-refractivity contribution in [3.63, 3.8) is 0 Å². The van der Waals surface area contributed by atoms with Gasteiger partial charge in [-0.25, -0.2) is 0 Å². The Hall–Kier alpha value is -0.850. The van der Waals surface area contributed by atoms with Crippen molar-refractivity contribution < 1.29 is 9.84 Å². The van der Waals surface area contributed by atoms with Crippen LogP contribution in [0.25, 0.3) is 0 Å². The van der Waals surface area contributed by atoms with Gasteiger partial charge in [0.25, 0.3) is 0 Å². The molecule has 5 nitrogen and oxygen atoms in total. The Labute approximate surface area is 99.1 Å². The van der Waals surface area contributed by atoms with E-state index in [0.717, 1.165) is 10.0 Å². The van der Waals surface area contributed by atoms with Crippen LogP contribution >= 0.6 is 11.3 Å². The molecule has 0 unspecified atom stereocenters. The Kier molecular flexibility index (Phi) is 3.05. The molecule has 0 radical (unpaired) electrons. The monoisotopic (exact) mass is 243 g/mol. The molecule has 1 aliphatic rings. The number of methoxy groups -OCH3 is 1. The number of hydrogen-bond acceptors (Lipinski definition) is 6. The van der Waals surface area contributed by atoms with Gasteiger partial charge in [-0.3, -0.25) is 0 Å². The molecule has 16 heavy (non-hydrogen) atoms. The SMILES string of the molecule is COc1nc(N(C)C)sc1CC1(O)CNC1. The first-order valence-electron chi connectivity index (χ1n) is 5.18. The molecule has 0 spiro atoms. The second-order valence-corrected chi connectivity index (χ2v) is 5.39. The molecule has 0 aliphatic carbocycles. The van der Waals surface area contributed by atoms with E-state index in [9.17, 15) is 5.11 Å². The van der Waals surface area contributed by atoms with E-state index >= 15 is 0 Å². The molecule has 1 aromatic rings. The Morgan fingerprint density at radius 1 is 1.56 bits per heavy atom. The summed E-state index contributed by atoms with van der Waals surface area (Å²) in [5.41, 5.74) is -0.622. The smallest absolute Gasteiger partial charge is 0.229 e. The Morgan fingerprint density at radius 2 is 2.25 bits per heavy atom. The maximum Gasteiger partial charge on any atom is 0.229 e. The van der Waals surface area contributed by atoms with Gasteiger partial charge in [-0.1, -0.05) is 11.3 Å². The summed E-state index contributed by atoms with van der Waals surface area (Å²) in [4.78, 5) is 7.32. The van der Waals surface area contributed by atoms with Gasteiger partial charge in [-0.05, 0) is 0 Å². The fourth-order valence-corrected chi connectivity index (χ4v) is 2.71. The summed E-state index contributed by atoms with van der Waals surface area (Å²) in [6.07, 6.45) is 0.606. The van der Waals surface area contributed by atoms with Gasteiger partial charge < -0.3 is 20.1 Å². The highest BCUT2D eigenvalue weighted by atomic mass is 32.1. The summed E-state index contributed by atoms with van der Waals surface area (Å²) in [6, 6.07) is 0. The van der Waals surface area contributed by atoms with Crippen molar-refractivity contribution in [1.82, 2.24) is 10.3 Å². The van der Waals surface area contributed by atoms with Crippen molar-refractivity contribution in [3.05, 3.63) is 4.88 Å². The number of thiazole rings is 1. The van der Waals surface area contributed by atoms with Gasteiger partial charge in [0.05, 0.1) is 17.6 Å². The minimum absolute atomic E-state index is 0.606. The van der Waals surface area contributed by atoms with Crippen LogP contribution in [0.3, 0.4) is 0 Å². The molecule has 2 heterocycles. The predicted molar refractivity (Wildman–Crippen MR) is 64.5 cm³/mol. The van der Waals surface area contributed by atoms with E-state index in [0.29, 0.717) is 25.4 Å². The lowest BCUT2D eigenvalue weighted by atomic mass is 9.92. The normalized spacial score (nSPS) is 18.0. The zero-order chi connectivity index (χ0) is 11.8. The lowest BCUT2D eigenvalue weighted by molar-refractivity contribution is -0.00878.